The van der Waals surface area contributed by atoms with Crippen LogP contribution >= 0.6 is 0 Å². The highest BCUT2D eigenvalue weighted by atomic mass is 16.5. The monoisotopic (exact) mass is 270 g/mol. The molecule has 0 heterocycles. The average Bonchev–Trinajstić information content (AvgIpc) is 2.89. The van der Waals surface area contributed by atoms with Crippen molar-refractivity contribution in [3.8, 4) is 0 Å². The zero-order chi connectivity index (χ0) is 14.1. The first-order valence-corrected chi connectivity index (χ1v) is 8.14. The molecule has 1 aliphatic rings. The summed E-state index contributed by atoms with van der Waals surface area (Å²) in [5.41, 5.74) is 0. The van der Waals surface area contributed by atoms with Gasteiger partial charge in [-0.15, -0.1) is 0 Å². The van der Waals surface area contributed by atoms with E-state index < -0.39 is 0 Å². The van der Waals surface area contributed by atoms with Crippen molar-refractivity contribution in [3.63, 3.8) is 0 Å². The average molecular weight is 270 g/mol. The highest BCUT2D eigenvalue weighted by Crippen LogP contribution is 2.26. The Balaban J connectivity index is 2.59. The van der Waals surface area contributed by atoms with E-state index in [0.29, 0.717) is 6.04 Å². The predicted octanol–water partition coefficient (Wildman–Crippen LogP) is 2.90. The zero-order valence-electron chi connectivity index (χ0n) is 13.5. The smallest absolute Gasteiger partial charge is 0.0630 e. The fourth-order valence-electron chi connectivity index (χ4n) is 3.08. The molecule has 3 nitrogen and oxygen atoms in total. The molecule has 0 spiro atoms. The number of methoxy groups -OCH3 is 1. The number of nitrogens with one attached hydrogen (secondary N) is 1. The minimum atomic E-state index is 0.534. The molecule has 1 rings (SSSR count). The molecule has 1 fully saturated rings. The third-order valence-electron chi connectivity index (χ3n) is 4.22. The number of hydrogen-bond donors (Lipinski definition) is 1. The van der Waals surface area contributed by atoms with Crippen LogP contribution in [-0.2, 0) is 4.74 Å². The zero-order valence-corrected chi connectivity index (χ0v) is 13.5. The van der Waals surface area contributed by atoms with Crippen molar-refractivity contribution in [3.05, 3.63) is 0 Å². The maximum Gasteiger partial charge on any atom is 0.0630 e. The van der Waals surface area contributed by atoms with E-state index in [4.69, 9.17) is 4.74 Å². The molecule has 0 aromatic heterocycles. The van der Waals surface area contributed by atoms with Crippen LogP contribution in [0.5, 0.6) is 0 Å². The summed E-state index contributed by atoms with van der Waals surface area (Å²) in [6, 6.07) is 1.32. The van der Waals surface area contributed by atoms with Gasteiger partial charge < -0.3 is 10.1 Å². The van der Waals surface area contributed by atoms with Gasteiger partial charge in [0.05, 0.1) is 6.61 Å². The molecule has 0 bridgehead atoms. The van der Waals surface area contributed by atoms with E-state index in [9.17, 15) is 0 Å². The SMILES string of the molecule is CCNCC(COC)N(CCC(C)C)C1CCCC1. The van der Waals surface area contributed by atoms with Gasteiger partial charge in [0.15, 0.2) is 0 Å². The molecule has 1 aliphatic carbocycles. The molecule has 3 heteroatoms. The summed E-state index contributed by atoms with van der Waals surface area (Å²) >= 11 is 0. The van der Waals surface area contributed by atoms with Crippen LogP contribution in [0.2, 0.25) is 0 Å². The first-order chi connectivity index (χ1) is 9.19. The quantitative estimate of drug-likeness (QED) is 0.660. The summed E-state index contributed by atoms with van der Waals surface area (Å²) in [6.45, 7) is 11.0. The van der Waals surface area contributed by atoms with Crippen molar-refractivity contribution >= 4 is 0 Å². The number of rotatable bonds is 10. The summed E-state index contributed by atoms with van der Waals surface area (Å²) in [5.74, 6) is 0.784. The molecule has 0 aromatic carbocycles. The Morgan fingerprint density at radius 3 is 2.47 bits per heavy atom. The maximum absolute atomic E-state index is 5.47. The highest BCUT2D eigenvalue weighted by molar-refractivity contribution is 4.84. The van der Waals surface area contributed by atoms with Crippen LogP contribution in [-0.4, -0.2) is 50.3 Å². The van der Waals surface area contributed by atoms with E-state index in [0.717, 1.165) is 31.7 Å². The first-order valence-electron chi connectivity index (χ1n) is 8.14. The minimum absolute atomic E-state index is 0.534. The Labute approximate surface area is 120 Å². The van der Waals surface area contributed by atoms with Crippen molar-refractivity contribution in [2.24, 2.45) is 5.92 Å². The van der Waals surface area contributed by atoms with Gasteiger partial charge >= 0.3 is 0 Å². The van der Waals surface area contributed by atoms with Gasteiger partial charge in [-0.25, -0.2) is 0 Å². The van der Waals surface area contributed by atoms with Crippen molar-refractivity contribution in [2.75, 3.05) is 33.4 Å². The van der Waals surface area contributed by atoms with Crippen LogP contribution in [0.25, 0.3) is 0 Å². The first kappa shape index (κ1) is 16.9. The van der Waals surface area contributed by atoms with Crippen LogP contribution in [0.15, 0.2) is 0 Å². The molecule has 114 valence electrons. The van der Waals surface area contributed by atoms with E-state index in [2.05, 4.69) is 31.0 Å². The van der Waals surface area contributed by atoms with E-state index in [1.54, 1.807) is 0 Å². The third-order valence-corrected chi connectivity index (χ3v) is 4.22. The van der Waals surface area contributed by atoms with Crippen LogP contribution in [0.1, 0.15) is 52.9 Å². The molecule has 1 unspecified atom stereocenters. The predicted molar refractivity (Wildman–Crippen MR) is 82.6 cm³/mol. The second-order valence-electron chi connectivity index (χ2n) is 6.28. The number of ether oxygens (including phenoxy) is 1. The van der Waals surface area contributed by atoms with Gasteiger partial charge in [-0.05, 0) is 38.3 Å². The maximum atomic E-state index is 5.47. The topological polar surface area (TPSA) is 24.5 Å². The molecule has 0 amide bonds. The summed E-state index contributed by atoms with van der Waals surface area (Å²) < 4.78 is 5.47. The largest absolute Gasteiger partial charge is 0.383 e. The van der Waals surface area contributed by atoms with E-state index in [1.165, 1.54) is 38.6 Å². The lowest BCUT2D eigenvalue weighted by Crippen LogP contribution is -2.50. The lowest BCUT2D eigenvalue weighted by molar-refractivity contribution is 0.0580. The van der Waals surface area contributed by atoms with Gasteiger partial charge in [0, 0.05) is 25.7 Å². The lowest BCUT2D eigenvalue weighted by atomic mass is 10.1. The van der Waals surface area contributed by atoms with E-state index >= 15 is 0 Å². The fraction of sp³-hybridized carbons (Fsp3) is 1.00. The molecule has 1 saturated carbocycles. The van der Waals surface area contributed by atoms with Crippen LogP contribution in [0.3, 0.4) is 0 Å². The van der Waals surface area contributed by atoms with Crippen LogP contribution in [0.4, 0.5) is 0 Å². The van der Waals surface area contributed by atoms with Crippen molar-refractivity contribution in [2.45, 2.75) is 65.0 Å². The Hall–Kier alpha value is -0.120. The normalized spacial score (nSPS) is 18.6. The van der Waals surface area contributed by atoms with Crippen molar-refractivity contribution in [1.29, 1.82) is 0 Å². The molecule has 1 N–H and O–H groups in total. The van der Waals surface area contributed by atoms with Gasteiger partial charge in [-0.2, -0.15) is 0 Å². The molecular weight excluding hydrogens is 236 g/mol. The Morgan fingerprint density at radius 2 is 1.95 bits per heavy atom. The summed E-state index contributed by atoms with van der Waals surface area (Å²) in [5, 5.41) is 3.50. The van der Waals surface area contributed by atoms with Gasteiger partial charge in [0.25, 0.3) is 0 Å². The minimum Gasteiger partial charge on any atom is -0.383 e. The van der Waals surface area contributed by atoms with Gasteiger partial charge in [0.1, 0.15) is 0 Å². The van der Waals surface area contributed by atoms with Gasteiger partial charge in [0.2, 0.25) is 0 Å². The van der Waals surface area contributed by atoms with Crippen molar-refractivity contribution in [1.82, 2.24) is 10.2 Å². The Morgan fingerprint density at radius 1 is 1.26 bits per heavy atom. The third kappa shape index (κ3) is 6.24. The molecule has 0 aliphatic heterocycles. The summed E-state index contributed by atoms with van der Waals surface area (Å²) in [7, 11) is 1.83. The van der Waals surface area contributed by atoms with Crippen LogP contribution in [0, 0.1) is 5.92 Å². The molecular formula is C16H34N2O. The molecule has 0 saturated heterocycles. The Kier molecular flexibility index (Phi) is 8.67. The molecule has 19 heavy (non-hydrogen) atoms. The second-order valence-corrected chi connectivity index (χ2v) is 6.28. The Bertz CT molecular complexity index is 215. The summed E-state index contributed by atoms with van der Waals surface area (Å²) in [4.78, 5) is 2.74. The summed E-state index contributed by atoms with van der Waals surface area (Å²) in [6.07, 6.45) is 6.87. The van der Waals surface area contributed by atoms with E-state index in [-0.39, 0.29) is 0 Å². The number of hydrogen-bond acceptors (Lipinski definition) is 3. The second kappa shape index (κ2) is 9.73. The highest BCUT2D eigenvalue weighted by Gasteiger charge is 2.28. The molecule has 0 aromatic rings. The van der Waals surface area contributed by atoms with Crippen molar-refractivity contribution < 1.29 is 4.74 Å². The van der Waals surface area contributed by atoms with Gasteiger partial charge in [-0.1, -0.05) is 33.6 Å². The number of nitrogens with zero attached hydrogens (tertiary/aromatic N) is 1. The lowest BCUT2D eigenvalue weighted by Gasteiger charge is -2.37. The van der Waals surface area contributed by atoms with Gasteiger partial charge in [-0.3, -0.25) is 4.90 Å². The van der Waals surface area contributed by atoms with Crippen LogP contribution < -0.4 is 5.32 Å². The fourth-order valence-corrected chi connectivity index (χ4v) is 3.08. The standard InChI is InChI=1S/C16H34N2O/c1-5-17-12-16(13-19-4)18(11-10-14(2)3)15-8-6-7-9-15/h14-17H,5-13H2,1-4H3. The van der Waals surface area contributed by atoms with E-state index in [1.807, 2.05) is 7.11 Å². The number of likely N-dealkylation sites (N-methyl/N-ethyl adjacent to an activating group) is 1. The molecule has 1 atom stereocenters. The molecule has 0 radical (unpaired) electrons.